The van der Waals surface area contributed by atoms with Crippen molar-refractivity contribution in [2.45, 2.75) is 38.1 Å². The van der Waals surface area contributed by atoms with Crippen LogP contribution < -0.4 is 15.5 Å². The van der Waals surface area contributed by atoms with Crippen LogP contribution in [0.5, 0.6) is 0 Å². The molecule has 2 N–H and O–H groups in total. The van der Waals surface area contributed by atoms with Gasteiger partial charge < -0.3 is 15.5 Å². The number of anilines is 2. The summed E-state index contributed by atoms with van der Waals surface area (Å²) in [7, 11) is 0. The van der Waals surface area contributed by atoms with E-state index in [2.05, 4.69) is 15.5 Å². The third-order valence-electron chi connectivity index (χ3n) is 4.29. The van der Waals surface area contributed by atoms with Crippen LogP contribution in [0.15, 0.2) is 18.2 Å². The average molecular weight is 291 g/mol. The zero-order chi connectivity index (χ0) is 14.7. The Labute approximate surface area is 124 Å². The van der Waals surface area contributed by atoms with Crippen molar-refractivity contribution in [2.75, 3.05) is 29.9 Å². The second kappa shape index (κ2) is 6.43. The molecule has 0 bridgehead atoms. The van der Waals surface area contributed by atoms with E-state index in [1.165, 1.54) is 6.07 Å². The maximum Gasteiger partial charge on any atom is 0.241 e. The molecule has 2 heterocycles. The summed E-state index contributed by atoms with van der Waals surface area (Å²) in [5.41, 5.74) is 1.18. The second-order valence-electron chi connectivity index (χ2n) is 5.85. The standard InChI is InChI=1S/C16H22FN3O/c17-13-11-12(6-7-15(13)20-9-3-4-10-20)19-16(21)14-5-1-2-8-18-14/h6-7,11,14,18H,1-5,8-10H2,(H,19,21). The molecule has 1 unspecified atom stereocenters. The first-order valence-electron chi connectivity index (χ1n) is 7.83. The molecule has 1 aromatic carbocycles. The summed E-state index contributed by atoms with van der Waals surface area (Å²) < 4.78 is 14.2. The summed E-state index contributed by atoms with van der Waals surface area (Å²) in [6, 6.07) is 4.83. The number of carbonyl (C=O) groups is 1. The van der Waals surface area contributed by atoms with Crippen molar-refractivity contribution in [3.05, 3.63) is 24.0 Å². The van der Waals surface area contributed by atoms with Gasteiger partial charge in [-0.2, -0.15) is 0 Å². The van der Waals surface area contributed by atoms with Crippen LogP contribution in [0.4, 0.5) is 15.8 Å². The van der Waals surface area contributed by atoms with Gasteiger partial charge in [0.05, 0.1) is 11.7 Å². The summed E-state index contributed by atoms with van der Waals surface area (Å²) in [5, 5.41) is 6.01. The van der Waals surface area contributed by atoms with Crippen molar-refractivity contribution in [1.82, 2.24) is 5.32 Å². The van der Waals surface area contributed by atoms with Gasteiger partial charge in [-0.15, -0.1) is 0 Å². The fourth-order valence-corrected chi connectivity index (χ4v) is 3.10. The predicted octanol–water partition coefficient (Wildman–Crippen LogP) is 2.51. The van der Waals surface area contributed by atoms with Gasteiger partial charge in [0.25, 0.3) is 0 Å². The third kappa shape index (κ3) is 3.35. The lowest BCUT2D eigenvalue weighted by Crippen LogP contribution is -2.43. The van der Waals surface area contributed by atoms with Gasteiger partial charge in [-0.25, -0.2) is 4.39 Å². The van der Waals surface area contributed by atoms with E-state index in [9.17, 15) is 9.18 Å². The molecule has 2 fully saturated rings. The van der Waals surface area contributed by atoms with E-state index < -0.39 is 0 Å². The van der Waals surface area contributed by atoms with Crippen LogP contribution in [0.2, 0.25) is 0 Å². The Hall–Kier alpha value is -1.62. The van der Waals surface area contributed by atoms with E-state index in [1.54, 1.807) is 12.1 Å². The smallest absolute Gasteiger partial charge is 0.241 e. The van der Waals surface area contributed by atoms with Gasteiger partial charge in [0.15, 0.2) is 0 Å². The molecule has 21 heavy (non-hydrogen) atoms. The number of rotatable bonds is 3. The first kappa shape index (κ1) is 14.3. The number of halogens is 1. The molecule has 114 valence electrons. The van der Waals surface area contributed by atoms with Gasteiger partial charge in [-0.1, -0.05) is 6.42 Å². The molecule has 2 saturated heterocycles. The molecule has 2 aliphatic heterocycles. The highest BCUT2D eigenvalue weighted by molar-refractivity contribution is 5.95. The van der Waals surface area contributed by atoms with Gasteiger partial charge in [-0.05, 0) is 50.4 Å². The maximum absolute atomic E-state index is 14.2. The molecule has 3 rings (SSSR count). The van der Waals surface area contributed by atoms with E-state index in [4.69, 9.17) is 0 Å². The third-order valence-corrected chi connectivity index (χ3v) is 4.29. The van der Waals surface area contributed by atoms with E-state index >= 15 is 0 Å². The van der Waals surface area contributed by atoms with Crippen LogP contribution in [0.3, 0.4) is 0 Å². The zero-order valence-corrected chi connectivity index (χ0v) is 12.2. The summed E-state index contributed by atoms with van der Waals surface area (Å²) in [4.78, 5) is 14.2. The molecular weight excluding hydrogens is 269 g/mol. The summed E-state index contributed by atoms with van der Waals surface area (Å²) in [6.07, 6.45) is 5.26. The van der Waals surface area contributed by atoms with Crippen molar-refractivity contribution < 1.29 is 9.18 Å². The van der Waals surface area contributed by atoms with Gasteiger partial charge in [0, 0.05) is 18.8 Å². The number of piperidine rings is 1. The quantitative estimate of drug-likeness (QED) is 0.899. The fourth-order valence-electron chi connectivity index (χ4n) is 3.10. The van der Waals surface area contributed by atoms with E-state index in [1.807, 2.05) is 0 Å². The fraction of sp³-hybridized carbons (Fsp3) is 0.562. The van der Waals surface area contributed by atoms with Crippen LogP contribution in [0, 0.1) is 5.82 Å². The molecule has 4 nitrogen and oxygen atoms in total. The lowest BCUT2D eigenvalue weighted by Gasteiger charge is -2.23. The molecule has 0 aliphatic carbocycles. The summed E-state index contributed by atoms with van der Waals surface area (Å²) in [6.45, 7) is 2.70. The highest BCUT2D eigenvalue weighted by atomic mass is 19.1. The number of nitrogens with zero attached hydrogens (tertiary/aromatic N) is 1. The Kier molecular flexibility index (Phi) is 4.39. The Morgan fingerprint density at radius 3 is 2.71 bits per heavy atom. The first-order valence-corrected chi connectivity index (χ1v) is 7.83. The van der Waals surface area contributed by atoms with Crippen molar-refractivity contribution in [1.29, 1.82) is 0 Å². The molecular formula is C16H22FN3O. The Balaban J connectivity index is 1.65. The van der Waals surface area contributed by atoms with Gasteiger partial charge in [-0.3, -0.25) is 4.79 Å². The van der Waals surface area contributed by atoms with Crippen molar-refractivity contribution >= 4 is 17.3 Å². The van der Waals surface area contributed by atoms with Crippen LogP contribution >= 0.6 is 0 Å². The molecule has 2 aliphatic rings. The van der Waals surface area contributed by atoms with Crippen molar-refractivity contribution in [3.8, 4) is 0 Å². The molecule has 0 saturated carbocycles. The van der Waals surface area contributed by atoms with E-state index in [0.29, 0.717) is 11.4 Å². The van der Waals surface area contributed by atoms with Crippen LogP contribution in [0.25, 0.3) is 0 Å². The number of amides is 1. The molecule has 0 spiro atoms. The van der Waals surface area contributed by atoms with Gasteiger partial charge in [0.2, 0.25) is 5.91 Å². The molecule has 5 heteroatoms. The SMILES string of the molecule is O=C(Nc1ccc(N2CCCC2)c(F)c1)C1CCCCN1. The highest BCUT2D eigenvalue weighted by Crippen LogP contribution is 2.26. The lowest BCUT2D eigenvalue weighted by atomic mass is 10.0. The van der Waals surface area contributed by atoms with Gasteiger partial charge in [0.1, 0.15) is 5.82 Å². The van der Waals surface area contributed by atoms with E-state index in [0.717, 1.165) is 51.7 Å². The molecule has 1 amide bonds. The predicted molar refractivity (Wildman–Crippen MR) is 82.1 cm³/mol. The lowest BCUT2D eigenvalue weighted by molar-refractivity contribution is -0.118. The minimum Gasteiger partial charge on any atom is -0.369 e. The Morgan fingerprint density at radius 1 is 1.24 bits per heavy atom. The van der Waals surface area contributed by atoms with Crippen LogP contribution in [0.1, 0.15) is 32.1 Å². The van der Waals surface area contributed by atoms with Crippen LogP contribution in [-0.4, -0.2) is 31.6 Å². The zero-order valence-electron chi connectivity index (χ0n) is 12.2. The van der Waals surface area contributed by atoms with Crippen LogP contribution in [-0.2, 0) is 4.79 Å². The molecule has 0 radical (unpaired) electrons. The number of hydrogen-bond acceptors (Lipinski definition) is 3. The number of nitrogens with one attached hydrogen (secondary N) is 2. The van der Waals surface area contributed by atoms with Gasteiger partial charge >= 0.3 is 0 Å². The van der Waals surface area contributed by atoms with Crippen molar-refractivity contribution in [3.63, 3.8) is 0 Å². The second-order valence-corrected chi connectivity index (χ2v) is 5.85. The Morgan fingerprint density at radius 2 is 2.05 bits per heavy atom. The number of hydrogen-bond donors (Lipinski definition) is 2. The summed E-state index contributed by atoms with van der Waals surface area (Å²) in [5.74, 6) is -0.325. The maximum atomic E-state index is 14.2. The summed E-state index contributed by atoms with van der Waals surface area (Å²) >= 11 is 0. The van der Waals surface area contributed by atoms with E-state index in [-0.39, 0.29) is 17.8 Å². The van der Waals surface area contributed by atoms with Crippen molar-refractivity contribution in [2.24, 2.45) is 0 Å². The topological polar surface area (TPSA) is 44.4 Å². The highest BCUT2D eigenvalue weighted by Gasteiger charge is 2.21. The normalized spacial score (nSPS) is 22.3. The average Bonchev–Trinajstić information content (AvgIpc) is 3.02. The largest absolute Gasteiger partial charge is 0.369 e. The molecule has 1 aromatic rings. The Bertz CT molecular complexity index is 508. The molecule has 1 atom stereocenters. The number of benzene rings is 1. The number of carbonyl (C=O) groups excluding carboxylic acids is 1. The minimum absolute atomic E-state index is 0.0666. The minimum atomic E-state index is -0.258. The molecule has 0 aromatic heterocycles. The first-order chi connectivity index (χ1) is 10.2. The monoisotopic (exact) mass is 291 g/mol.